The zero-order chi connectivity index (χ0) is 15.7. The van der Waals surface area contributed by atoms with Gasteiger partial charge in [0.05, 0.1) is 0 Å². The highest BCUT2D eigenvalue weighted by Crippen LogP contribution is 2.33. The average Bonchev–Trinajstić information content (AvgIpc) is 2.34. The maximum atomic E-state index is 13.6. The van der Waals surface area contributed by atoms with Crippen molar-refractivity contribution in [3.05, 3.63) is 29.6 Å². The lowest BCUT2D eigenvalue weighted by Gasteiger charge is -2.40. The minimum atomic E-state index is -0.152. The molecule has 1 heterocycles. The minimum Gasteiger partial charge on any atom is -0.371 e. The SMILES string of the molecule is CC1(C)CCCN(c2ccc(F)cc2CNC(C)(C)C)C1. The number of hydrogen-bond acceptors (Lipinski definition) is 2. The summed E-state index contributed by atoms with van der Waals surface area (Å²) in [6, 6.07) is 5.20. The molecule has 0 unspecified atom stereocenters. The summed E-state index contributed by atoms with van der Waals surface area (Å²) >= 11 is 0. The van der Waals surface area contributed by atoms with E-state index in [1.807, 2.05) is 6.07 Å². The highest BCUT2D eigenvalue weighted by Gasteiger charge is 2.27. The van der Waals surface area contributed by atoms with Crippen LogP contribution in [0.3, 0.4) is 0 Å². The first kappa shape index (κ1) is 16.3. The van der Waals surface area contributed by atoms with Crippen molar-refractivity contribution in [3.63, 3.8) is 0 Å². The lowest BCUT2D eigenvalue weighted by Crippen LogP contribution is -2.41. The second-order valence-electron chi connectivity index (χ2n) is 8.07. The molecule has 21 heavy (non-hydrogen) atoms. The summed E-state index contributed by atoms with van der Waals surface area (Å²) in [4.78, 5) is 2.42. The van der Waals surface area contributed by atoms with Gasteiger partial charge in [0.25, 0.3) is 0 Å². The Balaban J connectivity index is 2.22. The molecule has 0 radical (unpaired) electrons. The Morgan fingerprint density at radius 1 is 1.29 bits per heavy atom. The van der Waals surface area contributed by atoms with Crippen LogP contribution in [0, 0.1) is 11.2 Å². The summed E-state index contributed by atoms with van der Waals surface area (Å²) in [5, 5.41) is 3.47. The van der Waals surface area contributed by atoms with E-state index in [1.54, 1.807) is 12.1 Å². The van der Waals surface area contributed by atoms with Gasteiger partial charge in [0, 0.05) is 30.9 Å². The van der Waals surface area contributed by atoms with E-state index in [0.29, 0.717) is 12.0 Å². The van der Waals surface area contributed by atoms with Gasteiger partial charge in [-0.25, -0.2) is 4.39 Å². The first-order valence-electron chi connectivity index (χ1n) is 7.95. The molecule has 1 aliphatic rings. The van der Waals surface area contributed by atoms with Gasteiger partial charge in [-0.2, -0.15) is 0 Å². The number of rotatable bonds is 3. The molecule has 118 valence electrons. The molecule has 3 heteroatoms. The first-order chi connectivity index (χ1) is 9.66. The molecule has 1 aromatic rings. The van der Waals surface area contributed by atoms with Crippen molar-refractivity contribution in [2.75, 3.05) is 18.0 Å². The summed E-state index contributed by atoms with van der Waals surface area (Å²) in [6.07, 6.45) is 2.47. The highest BCUT2D eigenvalue weighted by atomic mass is 19.1. The summed E-state index contributed by atoms with van der Waals surface area (Å²) in [6.45, 7) is 13.8. The van der Waals surface area contributed by atoms with Gasteiger partial charge in [-0.3, -0.25) is 0 Å². The van der Waals surface area contributed by atoms with Crippen LogP contribution in [0.1, 0.15) is 53.0 Å². The van der Waals surface area contributed by atoms with Gasteiger partial charge in [0.15, 0.2) is 0 Å². The molecule has 0 aromatic heterocycles. The Morgan fingerprint density at radius 3 is 2.62 bits per heavy atom. The van der Waals surface area contributed by atoms with Crippen LogP contribution in [0.2, 0.25) is 0 Å². The topological polar surface area (TPSA) is 15.3 Å². The fourth-order valence-corrected chi connectivity index (χ4v) is 2.99. The number of piperidine rings is 1. The monoisotopic (exact) mass is 292 g/mol. The van der Waals surface area contributed by atoms with Crippen LogP contribution in [0.4, 0.5) is 10.1 Å². The van der Waals surface area contributed by atoms with Gasteiger partial charge in [-0.15, -0.1) is 0 Å². The van der Waals surface area contributed by atoms with Crippen molar-refractivity contribution < 1.29 is 4.39 Å². The smallest absolute Gasteiger partial charge is 0.123 e. The number of halogens is 1. The van der Waals surface area contributed by atoms with E-state index < -0.39 is 0 Å². The highest BCUT2D eigenvalue weighted by molar-refractivity contribution is 5.54. The Bertz CT molecular complexity index is 488. The van der Waals surface area contributed by atoms with Crippen molar-refractivity contribution >= 4 is 5.69 Å². The van der Waals surface area contributed by atoms with E-state index >= 15 is 0 Å². The van der Waals surface area contributed by atoms with Gasteiger partial charge >= 0.3 is 0 Å². The zero-order valence-corrected chi connectivity index (χ0v) is 14.1. The molecular formula is C18H29FN2. The largest absolute Gasteiger partial charge is 0.371 e. The fourth-order valence-electron chi connectivity index (χ4n) is 2.99. The Kier molecular flexibility index (Phi) is 4.62. The second kappa shape index (κ2) is 5.96. The van der Waals surface area contributed by atoms with Crippen LogP contribution >= 0.6 is 0 Å². The molecule has 1 aromatic carbocycles. The van der Waals surface area contributed by atoms with Crippen LogP contribution < -0.4 is 10.2 Å². The molecule has 0 saturated carbocycles. The zero-order valence-electron chi connectivity index (χ0n) is 14.1. The predicted octanol–water partition coefficient (Wildman–Crippen LogP) is 4.34. The van der Waals surface area contributed by atoms with E-state index in [-0.39, 0.29) is 11.4 Å². The third kappa shape index (κ3) is 4.70. The molecule has 1 saturated heterocycles. The van der Waals surface area contributed by atoms with Crippen molar-refractivity contribution in [2.45, 2.75) is 59.5 Å². The quantitative estimate of drug-likeness (QED) is 0.891. The van der Waals surface area contributed by atoms with E-state index in [4.69, 9.17) is 0 Å². The summed E-state index contributed by atoms with van der Waals surface area (Å²) in [5.74, 6) is -0.152. The van der Waals surface area contributed by atoms with Crippen LogP contribution in [-0.2, 0) is 6.54 Å². The lowest BCUT2D eigenvalue weighted by atomic mass is 9.84. The van der Waals surface area contributed by atoms with Crippen LogP contribution in [0.15, 0.2) is 18.2 Å². The summed E-state index contributed by atoms with van der Waals surface area (Å²) < 4.78 is 13.6. The summed E-state index contributed by atoms with van der Waals surface area (Å²) in [5.41, 5.74) is 2.61. The average molecular weight is 292 g/mol. The van der Waals surface area contributed by atoms with E-state index in [2.05, 4.69) is 44.8 Å². The van der Waals surface area contributed by atoms with Crippen LogP contribution in [0.5, 0.6) is 0 Å². The van der Waals surface area contributed by atoms with Crippen molar-refractivity contribution in [3.8, 4) is 0 Å². The first-order valence-corrected chi connectivity index (χ1v) is 7.95. The van der Waals surface area contributed by atoms with Gasteiger partial charge in [0.1, 0.15) is 5.82 Å². The molecular weight excluding hydrogens is 263 g/mol. The molecule has 1 aliphatic heterocycles. The van der Waals surface area contributed by atoms with Crippen molar-refractivity contribution in [2.24, 2.45) is 5.41 Å². The number of anilines is 1. The van der Waals surface area contributed by atoms with E-state index in [9.17, 15) is 4.39 Å². The number of nitrogens with zero attached hydrogens (tertiary/aromatic N) is 1. The van der Waals surface area contributed by atoms with Crippen molar-refractivity contribution in [1.82, 2.24) is 5.32 Å². The van der Waals surface area contributed by atoms with Crippen LogP contribution in [-0.4, -0.2) is 18.6 Å². The molecule has 2 rings (SSSR count). The molecule has 0 amide bonds. The molecule has 2 nitrogen and oxygen atoms in total. The third-order valence-corrected chi connectivity index (χ3v) is 4.09. The molecule has 0 spiro atoms. The Labute approximate surface area is 128 Å². The second-order valence-corrected chi connectivity index (χ2v) is 8.07. The molecule has 1 N–H and O–H groups in total. The predicted molar refractivity (Wildman–Crippen MR) is 88.2 cm³/mol. The number of nitrogens with one attached hydrogen (secondary N) is 1. The van der Waals surface area contributed by atoms with E-state index in [1.165, 1.54) is 18.5 Å². The van der Waals surface area contributed by atoms with Gasteiger partial charge in [-0.05, 0) is 62.8 Å². The van der Waals surface area contributed by atoms with Gasteiger partial charge in [-0.1, -0.05) is 13.8 Å². The lowest BCUT2D eigenvalue weighted by molar-refractivity contribution is 0.292. The molecule has 0 aliphatic carbocycles. The third-order valence-electron chi connectivity index (χ3n) is 4.09. The molecule has 0 bridgehead atoms. The number of benzene rings is 1. The van der Waals surface area contributed by atoms with Gasteiger partial charge < -0.3 is 10.2 Å². The van der Waals surface area contributed by atoms with Crippen LogP contribution in [0.25, 0.3) is 0 Å². The number of hydrogen-bond donors (Lipinski definition) is 1. The Hall–Kier alpha value is -1.09. The standard InChI is InChI=1S/C18H29FN2/c1-17(2,3)20-12-14-11-15(19)7-8-16(14)21-10-6-9-18(4,5)13-21/h7-8,11,20H,6,9-10,12-13H2,1-5H3. The fraction of sp³-hybridized carbons (Fsp3) is 0.667. The maximum absolute atomic E-state index is 13.6. The van der Waals surface area contributed by atoms with Gasteiger partial charge in [0.2, 0.25) is 0 Å². The normalized spacial score (nSPS) is 18.9. The minimum absolute atomic E-state index is 0.0325. The summed E-state index contributed by atoms with van der Waals surface area (Å²) in [7, 11) is 0. The molecule has 0 atom stereocenters. The maximum Gasteiger partial charge on any atom is 0.123 e. The van der Waals surface area contributed by atoms with Crippen molar-refractivity contribution in [1.29, 1.82) is 0 Å². The van der Waals surface area contributed by atoms with E-state index in [0.717, 1.165) is 18.7 Å². The Morgan fingerprint density at radius 2 is 2.00 bits per heavy atom. The molecule has 1 fully saturated rings.